The molecule has 0 aliphatic carbocycles. The van der Waals surface area contributed by atoms with Crippen molar-refractivity contribution in [3.8, 4) is 5.75 Å². The lowest BCUT2D eigenvalue weighted by molar-refractivity contribution is -0.385. The molecule has 0 aliphatic rings. The molecule has 0 fully saturated rings. The molecule has 1 aromatic rings. The third kappa shape index (κ3) is 2.67. The molecule has 2 N–H and O–H groups in total. The Kier molecular flexibility index (Phi) is 3.22. The van der Waals surface area contributed by atoms with Gasteiger partial charge in [-0.05, 0) is 13.0 Å². The number of carbonyl (C=O) groups excluding carboxylic acids is 1. The zero-order chi connectivity index (χ0) is 11.4. The summed E-state index contributed by atoms with van der Waals surface area (Å²) in [5, 5.41) is 22.1. The van der Waals surface area contributed by atoms with Crippen molar-refractivity contribution in [2.75, 3.05) is 6.54 Å². The summed E-state index contributed by atoms with van der Waals surface area (Å²) < 4.78 is 0. The fourth-order valence-corrected chi connectivity index (χ4v) is 1.09. The van der Waals surface area contributed by atoms with Crippen molar-refractivity contribution < 1.29 is 14.8 Å². The standard InChI is InChI=1S/C9H10N2O4/c1-2-10-9(13)6-3-7(11(14)15)5-8(12)4-6/h3-5,12H,2H2,1H3,(H,10,13). The summed E-state index contributed by atoms with van der Waals surface area (Å²) >= 11 is 0. The van der Waals surface area contributed by atoms with Crippen molar-refractivity contribution in [1.82, 2.24) is 5.32 Å². The van der Waals surface area contributed by atoms with E-state index in [2.05, 4.69) is 5.32 Å². The Morgan fingerprint density at radius 2 is 2.20 bits per heavy atom. The van der Waals surface area contributed by atoms with Gasteiger partial charge < -0.3 is 10.4 Å². The Morgan fingerprint density at radius 3 is 2.73 bits per heavy atom. The van der Waals surface area contributed by atoms with Gasteiger partial charge in [0.25, 0.3) is 11.6 Å². The van der Waals surface area contributed by atoms with Crippen LogP contribution in [0.4, 0.5) is 5.69 Å². The lowest BCUT2D eigenvalue weighted by atomic mass is 10.2. The molecule has 0 radical (unpaired) electrons. The highest BCUT2D eigenvalue weighted by molar-refractivity contribution is 5.95. The monoisotopic (exact) mass is 210 g/mol. The van der Waals surface area contributed by atoms with E-state index in [1.807, 2.05) is 0 Å². The van der Waals surface area contributed by atoms with Gasteiger partial charge in [-0.2, -0.15) is 0 Å². The summed E-state index contributed by atoms with van der Waals surface area (Å²) in [6.45, 7) is 2.15. The number of nitro groups is 1. The van der Waals surface area contributed by atoms with Crippen LogP contribution in [0.3, 0.4) is 0 Å². The van der Waals surface area contributed by atoms with Crippen LogP contribution in [0.2, 0.25) is 0 Å². The Labute approximate surface area is 85.7 Å². The SMILES string of the molecule is CCNC(=O)c1cc(O)cc([N+](=O)[O-])c1. The Bertz CT molecular complexity index is 403. The molecule has 0 aliphatic heterocycles. The fourth-order valence-electron chi connectivity index (χ4n) is 1.09. The van der Waals surface area contributed by atoms with E-state index in [4.69, 9.17) is 0 Å². The third-order valence-electron chi connectivity index (χ3n) is 1.71. The van der Waals surface area contributed by atoms with Gasteiger partial charge in [-0.15, -0.1) is 0 Å². The highest BCUT2D eigenvalue weighted by atomic mass is 16.6. The molecule has 0 aromatic heterocycles. The van der Waals surface area contributed by atoms with E-state index in [-0.39, 0.29) is 17.0 Å². The molecule has 1 rings (SSSR count). The summed E-state index contributed by atoms with van der Waals surface area (Å²) in [6.07, 6.45) is 0. The minimum absolute atomic E-state index is 0.0727. The van der Waals surface area contributed by atoms with E-state index in [9.17, 15) is 20.0 Å². The highest BCUT2D eigenvalue weighted by Gasteiger charge is 2.13. The van der Waals surface area contributed by atoms with E-state index >= 15 is 0 Å². The quantitative estimate of drug-likeness (QED) is 0.576. The number of phenols is 1. The van der Waals surface area contributed by atoms with Crippen molar-refractivity contribution >= 4 is 11.6 Å². The number of aromatic hydroxyl groups is 1. The molecule has 1 amide bonds. The molecule has 0 saturated carbocycles. The molecule has 0 saturated heterocycles. The second-order valence-electron chi connectivity index (χ2n) is 2.85. The topological polar surface area (TPSA) is 92.5 Å². The average molecular weight is 210 g/mol. The van der Waals surface area contributed by atoms with Gasteiger partial charge in [-0.25, -0.2) is 0 Å². The molecule has 0 heterocycles. The number of non-ortho nitro benzene ring substituents is 1. The van der Waals surface area contributed by atoms with Gasteiger partial charge in [-0.3, -0.25) is 14.9 Å². The molecule has 15 heavy (non-hydrogen) atoms. The van der Waals surface area contributed by atoms with Crippen LogP contribution < -0.4 is 5.32 Å². The number of carbonyl (C=O) groups is 1. The predicted octanol–water partition coefficient (Wildman–Crippen LogP) is 1.05. The number of nitro benzene ring substituents is 1. The van der Waals surface area contributed by atoms with E-state index in [1.165, 1.54) is 6.07 Å². The molecule has 80 valence electrons. The van der Waals surface area contributed by atoms with Crippen molar-refractivity contribution in [2.45, 2.75) is 6.92 Å². The Hall–Kier alpha value is -2.11. The number of nitrogens with zero attached hydrogens (tertiary/aromatic N) is 1. The van der Waals surface area contributed by atoms with Gasteiger partial charge in [0, 0.05) is 18.2 Å². The average Bonchev–Trinajstić information content (AvgIpc) is 2.17. The minimum Gasteiger partial charge on any atom is -0.508 e. The van der Waals surface area contributed by atoms with Crippen LogP contribution in [0.1, 0.15) is 17.3 Å². The summed E-state index contributed by atoms with van der Waals surface area (Å²) in [4.78, 5) is 21.1. The van der Waals surface area contributed by atoms with Crippen LogP contribution >= 0.6 is 0 Å². The normalized spacial score (nSPS) is 9.67. The van der Waals surface area contributed by atoms with Crippen molar-refractivity contribution in [3.63, 3.8) is 0 Å². The Balaban J connectivity index is 3.09. The zero-order valence-electron chi connectivity index (χ0n) is 8.06. The van der Waals surface area contributed by atoms with E-state index in [1.54, 1.807) is 6.92 Å². The number of phenolic OH excluding ortho intramolecular Hbond substituents is 1. The van der Waals surface area contributed by atoms with Crippen molar-refractivity contribution in [2.24, 2.45) is 0 Å². The molecule has 0 spiro atoms. The van der Waals surface area contributed by atoms with Gasteiger partial charge in [0.15, 0.2) is 0 Å². The molecule has 6 heteroatoms. The van der Waals surface area contributed by atoms with Crippen LogP contribution in [0.25, 0.3) is 0 Å². The zero-order valence-corrected chi connectivity index (χ0v) is 8.06. The number of amides is 1. The van der Waals surface area contributed by atoms with Crippen LogP contribution in [-0.2, 0) is 0 Å². The second kappa shape index (κ2) is 4.41. The van der Waals surface area contributed by atoms with Gasteiger partial charge in [-0.1, -0.05) is 0 Å². The lowest BCUT2D eigenvalue weighted by Crippen LogP contribution is -2.22. The maximum Gasteiger partial charge on any atom is 0.273 e. The van der Waals surface area contributed by atoms with Crippen LogP contribution in [0, 0.1) is 10.1 Å². The minimum atomic E-state index is -0.664. The van der Waals surface area contributed by atoms with E-state index < -0.39 is 10.8 Å². The highest BCUT2D eigenvalue weighted by Crippen LogP contribution is 2.21. The number of rotatable bonds is 3. The molecule has 1 aromatic carbocycles. The second-order valence-corrected chi connectivity index (χ2v) is 2.85. The number of nitrogens with one attached hydrogen (secondary N) is 1. The molecular formula is C9H10N2O4. The summed E-state index contributed by atoms with van der Waals surface area (Å²) in [5.74, 6) is -0.748. The smallest absolute Gasteiger partial charge is 0.273 e. The van der Waals surface area contributed by atoms with Gasteiger partial charge in [0.2, 0.25) is 0 Å². The third-order valence-corrected chi connectivity index (χ3v) is 1.71. The van der Waals surface area contributed by atoms with Crippen LogP contribution in [0.15, 0.2) is 18.2 Å². The van der Waals surface area contributed by atoms with E-state index in [0.717, 1.165) is 12.1 Å². The Morgan fingerprint density at radius 1 is 1.53 bits per heavy atom. The van der Waals surface area contributed by atoms with Gasteiger partial charge >= 0.3 is 0 Å². The number of hydrogen-bond acceptors (Lipinski definition) is 4. The summed E-state index contributed by atoms with van der Waals surface area (Å²) in [6, 6.07) is 3.28. The maximum atomic E-state index is 11.3. The predicted molar refractivity (Wildman–Crippen MR) is 52.8 cm³/mol. The van der Waals surface area contributed by atoms with Gasteiger partial charge in [0.05, 0.1) is 11.0 Å². The van der Waals surface area contributed by atoms with Crippen LogP contribution in [0.5, 0.6) is 5.75 Å². The van der Waals surface area contributed by atoms with Crippen LogP contribution in [-0.4, -0.2) is 22.5 Å². The molecule has 0 unspecified atom stereocenters. The molecule has 0 bridgehead atoms. The first-order valence-electron chi connectivity index (χ1n) is 4.31. The maximum absolute atomic E-state index is 11.3. The summed E-state index contributed by atoms with van der Waals surface area (Å²) in [5.41, 5.74) is -0.236. The number of hydrogen-bond donors (Lipinski definition) is 2. The largest absolute Gasteiger partial charge is 0.508 e. The first-order chi connectivity index (χ1) is 7.04. The lowest BCUT2D eigenvalue weighted by Gasteiger charge is -2.02. The first-order valence-corrected chi connectivity index (χ1v) is 4.31. The van der Waals surface area contributed by atoms with Gasteiger partial charge in [0.1, 0.15) is 5.75 Å². The number of benzene rings is 1. The first kappa shape index (κ1) is 11.0. The van der Waals surface area contributed by atoms with Crippen molar-refractivity contribution in [1.29, 1.82) is 0 Å². The molecular weight excluding hydrogens is 200 g/mol. The summed E-state index contributed by atoms with van der Waals surface area (Å²) in [7, 11) is 0. The molecule has 6 nitrogen and oxygen atoms in total. The fraction of sp³-hybridized carbons (Fsp3) is 0.222. The van der Waals surface area contributed by atoms with E-state index in [0.29, 0.717) is 6.54 Å². The molecule has 0 atom stereocenters. The van der Waals surface area contributed by atoms with Crippen molar-refractivity contribution in [3.05, 3.63) is 33.9 Å².